The third-order valence-corrected chi connectivity index (χ3v) is 7.74. The Morgan fingerprint density at radius 1 is 1.12 bits per heavy atom. The summed E-state index contributed by atoms with van der Waals surface area (Å²) in [7, 11) is 0. The number of amidine groups is 1. The fourth-order valence-electron chi connectivity index (χ4n) is 5.53. The Bertz CT molecular complexity index is 1620. The molecule has 7 N–H and O–H groups in total. The van der Waals surface area contributed by atoms with Crippen LogP contribution >= 0.6 is 0 Å². The number of morpholine rings is 1. The minimum atomic E-state index is -0.0538. The number of para-hydroxylation sites is 1. The molecule has 0 radical (unpaired) electrons. The SMILES string of the molecule is CCC(Nc1[nH+]c(-n2c(C)ccc2C)nc(C)c1/C=C/C(N)=N/NN)c1cc2cccc(C)c2nc1N1CCOCC1. The summed E-state index contributed by atoms with van der Waals surface area (Å²) in [5.74, 6) is 8.12. The Labute approximate surface area is 246 Å². The molecule has 1 aliphatic heterocycles. The average Bonchev–Trinajstić information content (AvgIpc) is 3.32. The van der Waals surface area contributed by atoms with Gasteiger partial charge in [0, 0.05) is 24.0 Å². The molecule has 0 spiro atoms. The molecule has 3 aromatic heterocycles. The Morgan fingerprint density at radius 2 is 1.86 bits per heavy atom. The highest BCUT2D eigenvalue weighted by Gasteiger charge is 2.26. The third kappa shape index (κ3) is 5.93. The maximum atomic E-state index is 6.01. The molecule has 4 heterocycles. The molecule has 42 heavy (non-hydrogen) atoms. The fraction of sp³-hybridized carbons (Fsp3) is 0.355. The van der Waals surface area contributed by atoms with Gasteiger partial charge in [0.2, 0.25) is 5.82 Å². The number of hydrazone groups is 1. The van der Waals surface area contributed by atoms with Gasteiger partial charge in [-0.2, -0.15) is 0 Å². The number of fused-ring (bicyclic) bond motifs is 1. The second-order valence-corrected chi connectivity index (χ2v) is 10.6. The smallest absolute Gasteiger partial charge is 0.356 e. The van der Waals surface area contributed by atoms with Gasteiger partial charge in [0.25, 0.3) is 0 Å². The first-order valence-electron chi connectivity index (χ1n) is 14.4. The molecule has 4 aromatic rings. The number of nitrogens with two attached hydrogens (primary N) is 2. The molecule has 220 valence electrons. The van der Waals surface area contributed by atoms with E-state index in [1.165, 1.54) is 0 Å². The average molecular weight is 570 g/mol. The molecule has 5 rings (SSSR count). The van der Waals surface area contributed by atoms with Gasteiger partial charge < -0.3 is 20.7 Å². The minimum absolute atomic E-state index is 0.0538. The van der Waals surface area contributed by atoms with E-state index in [0.717, 1.165) is 81.8 Å². The lowest BCUT2D eigenvalue weighted by molar-refractivity contribution is -0.361. The molecule has 0 saturated carbocycles. The highest BCUT2D eigenvalue weighted by molar-refractivity contribution is 5.95. The van der Waals surface area contributed by atoms with E-state index >= 15 is 0 Å². The van der Waals surface area contributed by atoms with E-state index in [1.807, 2.05) is 13.0 Å². The van der Waals surface area contributed by atoms with Crippen molar-refractivity contribution in [3.05, 3.63) is 76.2 Å². The number of hydrogen-bond donors (Lipinski definition) is 4. The zero-order chi connectivity index (χ0) is 29.8. The van der Waals surface area contributed by atoms with Gasteiger partial charge in [0.1, 0.15) is 17.3 Å². The number of pyridine rings is 1. The Balaban J connectivity index is 1.65. The van der Waals surface area contributed by atoms with Gasteiger partial charge in [-0.1, -0.05) is 25.1 Å². The number of ether oxygens (including phenoxy) is 1. The van der Waals surface area contributed by atoms with Crippen LogP contribution in [0.15, 0.2) is 47.6 Å². The zero-order valence-corrected chi connectivity index (χ0v) is 25.0. The highest BCUT2D eigenvalue weighted by atomic mass is 16.5. The zero-order valence-electron chi connectivity index (χ0n) is 25.0. The molecular formula is C31H41N10O+. The van der Waals surface area contributed by atoms with E-state index in [4.69, 9.17) is 26.3 Å². The molecule has 0 bridgehead atoms. The van der Waals surface area contributed by atoms with Crippen LogP contribution in [0.2, 0.25) is 0 Å². The van der Waals surface area contributed by atoms with Crippen LogP contribution in [-0.4, -0.2) is 46.7 Å². The van der Waals surface area contributed by atoms with Gasteiger partial charge in [-0.05, 0) is 70.0 Å². The monoisotopic (exact) mass is 569 g/mol. The quantitative estimate of drug-likeness (QED) is 0.104. The number of H-pyrrole nitrogens is 1. The molecule has 1 unspecified atom stereocenters. The minimum Gasteiger partial charge on any atom is -0.382 e. The lowest BCUT2D eigenvalue weighted by Crippen LogP contribution is -2.38. The predicted molar refractivity (Wildman–Crippen MR) is 168 cm³/mol. The summed E-state index contributed by atoms with van der Waals surface area (Å²) in [5, 5.41) is 8.81. The second-order valence-electron chi connectivity index (χ2n) is 10.6. The van der Waals surface area contributed by atoms with Crippen molar-refractivity contribution in [1.82, 2.24) is 20.1 Å². The van der Waals surface area contributed by atoms with Crippen molar-refractivity contribution in [2.24, 2.45) is 16.7 Å². The van der Waals surface area contributed by atoms with Gasteiger partial charge in [-0.15, -0.1) is 10.1 Å². The second kappa shape index (κ2) is 12.6. The van der Waals surface area contributed by atoms with Crippen LogP contribution in [0.3, 0.4) is 0 Å². The van der Waals surface area contributed by atoms with Gasteiger partial charge in [0.15, 0.2) is 0 Å². The molecule has 1 atom stereocenters. The molecule has 1 fully saturated rings. The van der Waals surface area contributed by atoms with Crippen molar-refractivity contribution in [1.29, 1.82) is 0 Å². The molecule has 11 nitrogen and oxygen atoms in total. The molecule has 0 amide bonds. The standard InChI is InChI=1S/C31H40N10O/c1-6-26(25-18-23-9-7-8-19(2)28(23)36-30(25)40-14-16-42-17-15-40)35-29-24(12-13-27(32)38-39-33)22(5)34-31(37-29)41-20(3)10-11-21(41)4/h7-13,18,26,39H,6,14-17,33H2,1-5H3,(H2,32,38)(H,34,35,37)/p+1/b13-12+. The normalized spacial score (nSPS) is 15.0. The van der Waals surface area contributed by atoms with Crippen LogP contribution in [-0.2, 0) is 4.74 Å². The molecule has 1 aliphatic rings. The van der Waals surface area contributed by atoms with Gasteiger partial charge in [-0.25, -0.2) is 25.9 Å². The Morgan fingerprint density at radius 3 is 2.55 bits per heavy atom. The molecule has 1 aromatic carbocycles. The van der Waals surface area contributed by atoms with E-state index in [9.17, 15) is 0 Å². The summed E-state index contributed by atoms with van der Waals surface area (Å²) in [6.07, 6.45) is 4.43. The van der Waals surface area contributed by atoms with E-state index in [1.54, 1.807) is 6.08 Å². The first kappa shape index (κ1) is 29.0. The number of nitrogens with zero attached hydrogens (tertiary/aromatic N) is 5. The molecular weight excluding hydrogens is 528 g/mol. The number of hydrazine groups is 1. The lowest BCUT2D eigenvalue weighted by Gasteiger charge is -2.31. The number of nitrogens with one attached hydrogen (secondary N) is 3. The van der Waals surface area contributed by atoms with Crippen LogP contribution in [0.25, 0.3) is 22.9 Å². The van der Waals surface area contributed by atoms with E-state index in [-0.39, 0.29) is 11.9 Å². The first-order chi connectivity index (χ1) is 20.3. The van der Waals surface area contributed by atoms with Crippen LogP contribution in [0, 0.1) is 27.7 Å². The maximum Gasteiger partial charge on any atom is 0.356 e. The van der Waals surface area contributed by atoms with Crippen LogP contribution in [0.5, 0.6) is 0 Å². The molecule has 1 saturated heterocycles. The number of rotatable bonds is 9. The van der Waals surface area contributed by atoms with Crippen LogP contribution in [0.1, 0.15) is 53.2 Å². The largest absolute Gasteiger partial charge is 0.382 e. The van der Waals surface area contributed by atoms with Crippen molar-refractivity contribution in [2.45, 2.75) is 47.1 Å². The number of aromatic amines is 1. The van der Waals surface area contributed by atoms with E-state index in [0.29, 0.717) is 13.2 Å². The maximum absolute atomic E-state index is 6.01. The fourth-order valence-corrected chi connectivity index (χ4v) is 5.53. The van der Waals surface area contributed by atoms with Gasteiger partial charge in [-0.3, -0.25) is 0 Å². The highest BCUT2D eigenvalue weighted by Crippen LogP contribution is 2.34. The van der Waals surface area contributed by atoms with E-state index in [2.05, 4.69) is 94.5 Å². The Hall–Kier alpha value is -4.48. The topological polar surface area (TPSA) is 146 Å². The van der Waals surface area contributed by atoms with Gasteiger partial charge >= 0.3 is 5.95 Å². The van der Waals surface area contributed by atoms with Crippen molar-refractivity contribution >= 4 is 34.5 Å². The summed E-state index contributed by atoms with van der Waals surface area (Å²) in [6, 6.07) is 12.7. The van der Waals surface area contributed by atoms with Crippen molar-refractivity contribution in [2.75, 3.05) is 36.5 Å². The van der Waals surface area contributed by atoms with Crippen LogP contribution < -0.4 is 32.3 Å². The predicted octanol–water partition coefficient (Wildman–Crippen LogP) is 3.62. The first-order valence-corrected chi connectivity index (χ1v) is 14.4. The number of aromatic nitrogens is 4. The number of benzene rings is 1. The summed E-state index contributed by atoms with van der Waals surface area (Å²) in [5.41, 5.74) is 15.4. The molecule has 11 heteroatoms. The van der Waals surface area contributed by atoms with Crippen molar-refractivity contribution in [3.8, 4) is 5.95 Å². The number of hydrogen-bond acceptors (Lipinski definition) is 8. The van der Waals surface area contributed by atoms with Crippen LogP contribution in [0.4, 0.5) is 11.6 Å². The molecule has 0 aliphatic carbocycles. The summed E-state index contributed by atoms with van der Waals surface area (Å²) in [6.45, 7) is 13.4. The van der Waals surface area contributed by atoms with Crippen molar-refractivity contribution < 1.29 is 9.72 Å². The number of aryl methyl sites for hydroxylation is 4. The van der Waals surface area contributed by atoms with Gasteiger partial charge in [0.05, 0.1) is 41.7 Å². The summed E-state index contributed by atoms with van der Waals surface area (Å²) < 4.78 is 7.79. The summed E-state index contributed by atoms with van der Waals surface area (Å²) >= 11 is 0. The summed E-state index contributed by atoms with van der Waals surface area (Å²) in [4.78, 5) is 16.1. The lowest BCUT2D eigenvalue weighted by atomic mass is 10.00. The van der Waals surface area contributed by atoms with E-state index < -0.39 is 0 Å². The van der Waals surface area contributed by atoms with Crippen molar-refractivity contribution in [3.63, 3.8) is 0 Å². The number of anilines is 2. The Kier molecular flexibility index (Phi) is 8.69. The third-order valence-electron chi connectivity index (χ3n) is 7.74.